The number of nitrogens with zero attached hydrogens (tertiary/aromatic N) is 2. The van der Waals surface area contributed by atoms with Crippen molar-refractivity contribution in [2.45, 2.75) is 26.4 Å². The van der Waals surface area contributed by atoms with E-state index in [0.29, 0.717) is 5.56 Å². The first kappa shape index (κ1) is 20.1. The second-order valence-electron chi connectivity index (χ2n) is 6.38. The number of nitrogens with one attached hydrogen (secondary N) is 1. The zero-order valence-electron chi connectivity index (χ0n) is 16.1. The van der Waals surface area contributed by atoms with Gasteiger partial charge < -0.3 is 15.0 Å². The van der Waals surface area contributed by atoms with E-state index >= 15 is 0 Å². The fourth-order valence-corrected chi connectivity index (χ4v) is 3.83. The number of halogens is 1. The minimum atomic E-state index is -0.324. The lowest BCUT2D eigenvalue weighted by Gasteiger charge is -2.13. The molecule has 1 amide bonds. The van der Waals surface area contributed by atoms with E-state index in [1.165, 1.54) is 12.7 Å². The van der Waals surface area contributed by atoms with Gasteiger partial charge in [0, 0.05) is 28.2 Å². The van der Waals surface area contributed by atoms with Crippen LogP contribution in [0.15, 0.2) is 51.2 Å². The van der Waals surface area contributed by atoms with Crippen molar-refractivity contribution in [3.63, 3.8) is 0 Å². The maximum Gasteiger partial charge on any atom is 0.273 e. The number of benzene rings is 2. The van der Waals surface area contributed by atoms with Crippen molar-refractivity contribution in [1.82, 2.24) is 5.32 Å². The third kappa shape index (κ3) is 4.09. The van der Waals surface area contributed by atoms with Crippen molar-refractivity contribution in [2.75, 3.05) is 14.2 Å². The number of rotatable bonds is 6. The Kier molecular flexibility index (Phi) is 6.46. The molecule has 6 nitrogen and oxygen atoms in total. The quantitative estimate of drug-likeness (QED) is 0.545. The predicted molar refractivity (Wildman–Crippen MR) is 113 cm³/mol. The van der Waals surface area contributed by atoms with E-state index in [9.17, 15) is 4.79 Å². The van der Waals surface area contributed by atoms with E-state index in [4.69, 9.17) is 9.68 Å². The molecule has 0 aliphatic heterocycles. The molecule has 2 aromatic rings. The standard InChI is InChI=1S/C21H22BrN3O3/c1-13-6-4-8-16(20(25-27-3)21(26)23-2)17(13)12-28-24-19-11-10-14-15(19)7-5-9-18(14)22/h4-9H,10-12H2,1-3H3,(H,23,26)/b24-19+,25-20+. The first-order valence-corrected chi connectivity index (χ1v) is 9.74. The molecule has 0 unspecified atom stereocenters. The summed E-state index contributed by atoms with van der Waals surface area (Å²) in [6, 6.07) is 11.8. The lowest BCUT2D eigenvalue weighted by atomic mass is 9.98. The van der Waals surface area contributed by atoms with Crippen molar-refractivity contribution in [2.24, 2.45) is 10.3 Å². The molecule has 3 rings (SSSR count). The summed E-state index contributed by atoms with van der Waals surface area (Å²) in [4.78, 5) is 22.8. The van der Waals surface area contributed by atoms with Gasteiger partial charge in [-0.15, -0.1) is 0 Å². The number of hydrogen-bond acceptors (Lipinski definition) is 5. The van der Waals surface area contributed by atoms with Gasteiger partial charge in [-0.1, -0.05) is 56.6 Å². The first-order chi connectivity index (χ1) is 13.6. The summed E-state index contributed by atoms with van der Waals surface area (Å²) in [6.07, 6.45) is 1.78. The normalized spacial score (nSPS) is 14.7. The Morgan fingerprint density at radius 1 is 1.21 bits per heavy atom. The van der Waals surface area contributed by atoms with Crippen molar-refractivity contribution in [3.05, 3.63) is 68.7 Å². The first-order valence-electron chi connectivity index (χ1n) is 8.95. The third-order valence-corrected chi connectivity index (χ3v) is 5.46. The number of hydrogen-bond donors (Lipinski definition) is 1. The molecule has 1 N–H and O–H groups in total. The van der Waals surface area contributed by atoms with Crippen molar-refractivity contribution >= 4 is 33.3 Å². The second kappa shape index (κ2) is 9.01. The number of likely N-dealkylation sites (N-methyl/N-ethyl adjacent to an activating group) is 1. The number of carbonyl (C=O) groups is 1. The van der Waals surface area contributed by atoms with E-state index in [1.54, 1.807) is 7.05 Å². The molecule has 1 aliphatic rings. The van der Waals surface area contributed by atoms with Gasteiger partial charge in [0.05, 0.1) is 5.71 Å². The van der Waals surface area contributed by atoms with Gasteiger partial charge >= 0.3 is 0 Å². The van der Waals surface area contributed by atoms with Gasteiger partial charge in [-0.25, -0.2) is 0 Å². The molecular weight excluding hydrogens is 422 g/mol. The Morgan fingerprint density at radius 3 is 2.75 bits per heavy atom. The molecule has 0 fully saturated rings. The van der Waals surface area contributed by atoms with Gasteiger partial charge in [0.15, 0.2) is 5.71 Å². The molecule has 1 aliphatic carbocycles. The fraction of sp³-hybridized carbons (Fsp3) is 0.286. The molecule has 0 radical (unpaired) electrons. The van der Waals surface area contributed by atoms with Crippen molar-refractivity contribution < 1.29 is 14.5 Å². The number of carbonyl (C=O) groups excluding carboxylic acids is 1. The molecule has 7 heteroatoms. The van der Waals surface area contributed by atoms with Crippen LogP contribution in [0.1, 0.15) is 34.2 Å². The Bertz CT molecular complexity index is 954. The minimum Gasteiger partial charge on any atom is -0.398 e. The highest BCUT2D eigenvalue weighted by molar-refractivity contribution is 9.10. The van der Waals surface area contributed by atoms with Gasteiger partial charge in [-0.3, -0.25) is 4.79 Å². The summed E-state index contributed by atoms with van der Waals surface area (Å²) in [5.41, 5.74) is 6.01. The molecule has 2 aromatic carbocycles. The number of aryl methyl sites for hydroxylation is 1. The van der Waals surface area contributed by atoms with Crippen LogP contribution in [-0.4, -0.2) is 31.5 Å². The number of oxime groups is 2. The molecule has 146 valence electrons. The summed E-state index contributed by atoms with van der Waals surface area (Å²) < 4.78 is 1.10. The van der Waals surface area contributed by atoms with Crippen LogP contribution >= 0.6 is 15.9 Å². The van der Waals surface area contributed by atoms with E-state index in [-0.39, 0.29) is 18.2 Å². The van der Waals surface area contributed by atoms with E-state index < -0.39 is 0 Å². The molecule has 0 saturated carbocycles. The maximum atomic E-state index is 12.2. The van der Waals surface area contributed by atoms with Crippen LogP contribution in [0.5, 0.6) is 0 Å². The van der Waals surface area contributed by atoms with Crippen LogP contribution in [0.4, 0.5) is 0 Å². The largest absolute Gasteiger partial charge is 0.398 e. The molecule has 0 spiro atoms. The average molecular weight is 444 g/mol. The van der Waals surface area contributed by atoms with Crippen LogP contribution < -0.4 is 5.32 Å². The predicted octanol–water partition coefficient (Wildman–Crippen LogP) is 3.72. The summed E-state index contributed by atoms with van der Waals surface area (Å²) in [5.74, 6) is -0.324. The molecule has 0 heterocycles. The van der Waals surface area contributed by atoms with Crippen molar-refractivity contribution in [3.8, 4) is 0 Å². The number of fused-ring (bicyclic) bond motifs is 1. The highest BCUT2D eigenvalue weighted by Gasteiger charge is 2.21. The number of amides is 1. The molecule has 28 heavy (non-hydrogen) atoms. The molecule has 0 saturated heterocycles. The van der Waals surface area contributed by atoms with Crippen LogP contribution in [0, 0.1) is 6.92 Å². The smallest absolute Gasteiger partial charge is 0.273 e. The molecule has 0 bridgehead atoms. The Labute approximate surface area is 172 Å². The Morgan fingerprint density at radius 2 is 2.00 bits per heavy atom. The lowest BCUT2D eigenvalue weighted by molar-refractivity contribution is -0.114. The van der Waals surface area contributed by atoms with E-state index in [1.807, 2.05) is 37.3 Å². The van der Waals surface area contributed by atoms with Gasteiger partial charge in [0.2, 0.25) is 0 Å². The highest BCUT2D eigenvalue weighted by Crippen LogP contribution is 2.29. The van der Waals surface area contributed by atoms with Gasteiger partial charge in [-0.05, 0) is 37.0 Å². The van der Waals surface area contributed by atoms with E-state index in [2.05, 4.69) is 37.6 Å². The Balaban J connectivity index is 1.86. The summed E-state index contributed by atoms with van der Waals surface area (Å²) in [6.45, 7) is 2.19. The fourth-order valence-electron chi connectivity index (χ4n) is 3.27. The lowest BCUT2D eigenvalue weighted by Crippen LogP contribution is -2.29. The zero-order chi connectivity index (χ0) is 20.1. The van der Waals surface area contributed by atoms with Gasteiger partial charge in [-0.2, -0.15) is 0 Å². The zero-order valence-corrected chi connectivity index (χ0v) is 17.7. The topological polar surface area (TPSA) is 72.3 Å². The maximum absolute atomic E-state index is 12.2. The second-order valence-corrected chi connectivity index (χ2v) is 7.23. The van der Waals surface area contributed by atoms with Crippen LogP contribution in [-0.2, 0) is 27.5 Å². The SMILES string of the molecule is CNC(=O)/C(=N/OC)c1cccc(C)c1CO/N=C1\CCc2c(Br)cccc21. The van der Waals surface area contributed by atoms with Crippen molar-refractivity contribution in [1.29, 1.82) is 0 Å². The molecular formula is C21H22BrN3O3. The van der Waals surface area contributed by atoms with Gasteiger partial charge in [0.25, 0.3) is 5.91 Å². The summed E-state index contributed by atoms with van der Waals surface area (Å²) >= 11 is 3.59. The molecule has 0 aromatic heterocycles. The minimum absolute atomic E-state index is 0.204. The van der Waals surface area contributed by atoms with Crippen LogP contribution in [0.25, 0.3) is 0 Å². The van der Waals surface area contributed by atoms with E-state index in [0.717, 1.165) is 39.7 Å². The van der Waals surface area contributed by atoms with Crippen LogP contribution in [0.3, 0.4) is 0 Å². The van der Waals surface area contributed by atoms with Crippen LogP contribution in [0.2, 0.25) is 0 Å². The highest BCUT2D eigenvalue weighted by atomic mass is 79.9. The average Bonchev–Trinajstić information content (AvgIpc) is 3.11. The van der Waals surface area contributed by atoms with Gasteiger partial charge in [0.1, 0.15) is 13.7 Å². The summed E-state index contributed by atoms with van der Waals surface area (Å²) in [5, 5.41) is 10.9. The third-order valence-electron chi connectivity index (χ3n) is 4.72. The summed E-state index contributed by atoms with van der Waals surface area (Å²) in [7, 11) is 2.97. The monoisotopic (exact) mass is 443 g/mol. The Hall–Kier alpha value is -2.67. The molecule has 0 atom stereocenters.